The summed E-state index contributed by atoms with van der Waals surface area (Å²) in [7, 11) is 0. The first-order chi connectivity index (χ1) is 8.37. The number of halogens is 1. The molecule has 0 heterocycles. The molecule has 0 aliphatic rings. The third-order valence-electron chi connectivity index (χ3n) is 2.53. The average molecular weight is 255 g/mol. The Balaban J connectivity index is 2.92. The summed E-state index contributed by atoms with van der Waals surface area (Å²) in [5, 5.41) is 12.0. The molecule has 0 spiro atoms. The van der Waals surface area contributed by atoms with Gasteiger partial charge in [0.2, 0.25) is 0 Å². The monoisotopic (exact) mass is 255 g/mol. The summed E-state index contributed by atoms with van der Waals surface area (Å²) in [4.78, 5) is 11.3. The van der Waals surface area contributed by atoms with Crippen LogP contribution in [0.4, 0.5) is 10.1 Å². The van der Waals surface area contributed by atoms with Crippen LogP contribution in [0.25, 0.3) is 0 Å². The summed E-state index contributed by atoms with van der Waals surface area (Å²) in [6.45, 7) is 5.47. The molecule has 100 valence electrons. The van der Waals surface area contributed by atoms with E-state index in [4.69, 9.17) is 4.74 Å². The van der Waals surface area contributed by atoms with Crippen molar-refractivity contribution in [1.82, 2.24) is 0 Å². The van der Waals surface area contributed by atoms with Gasteiger partial charge in [0.1, 0.15) is 5.82 Å². The van der Waals surface area contributed by atoms with Crippen LogP contribution < -0.4 is 5.32 Å². The highest BCUT2D eigenvalue weighted by atomic mass is 19.1. The summed E-state index contributed by atoms with van der Waals surface area (Å²) >= 11 is 0. The molecule has 0 fully saturated rings. The third-order valence-corrected chi connectivity index (χ3v) is 2.53. The minimum atomic E-state index is -1.28. The fourth-order valence-electron chi connectivity index (χ4n) is 1.58. The zero-order valence-corrected chi connectivity index (χ0v) is 10.8. The summed E-state index contributed by atoms with van der Waals surface area (Å²) in [6.07, 6.45) is 0. The molecular formula is C13H18FNO3. The number of hydrogen-bond acceptors (Lipinski definition) is 3. The third kappa shape index (κ3) is 3.70. The van der Waals surface area contributed by atoms with E-state index in [-0.39, 0.29) is 6.61 Å². The van der Waals surface area contributed by atoms with E-state index in [1.807, 2.05) is 0 Å². The van der Waals surface area contributed by atoms with Gasteiger partial charge in [-0.3, -0.25) is 0 Å². The average Bonchev–Trinajstić information content (AvgIpc) is 2.24. The van der Waals surface area contributed by atoms with Crippen LogP contribution in [-0.4, -0.2) is 29.8 Å². The molecule has 1 aromatic carbocycles. The molecule has 0 aliphatic heterocycles. The van der Waals surface area contributed by atoms with E-state index in [2.05, 4.69) is 5.32 Å². The van der Waals surface area contributed by atoms with Crippen LogP contribution in [-0.2, 0) is 9.53 Å². The molecular weight excluding hydrogens is 237 g/mol. The van der Waals surface area contributed by atoms with Crippen molar-refractivity contribution in [1.29, 1.82) is 0 Å². The van der Waals surface area contributed by atoms with Crippen molar-refractivity contribution in [3.05, 3.63) is 29.6 Å². The second-order valence-corrected chi connectivity index (χ2v) is 4.42. The lowest BCUT2D eigenvalue weighted by Crippen LogP contribution is -2.47. The lowest BCUT2D eigenvalue weighted by Gasteiger charge is -2.27. The Morgan fingerprint density at radius 2 is 2.17 bits per heavy atom. The van der Waals surface area contributed by atoms with Crippen LogP contribution in [0.15, 0.2) is 18.2 Å². The van der Waals surface area contributed by atoms with Gasteiger partial charge in [0.15, 0.2) is 5.54 Å². The predicted octanol–water partition coefficient (Wildman–Crippen LogP) is 2.43. The largest absolute Gasteiger partial charge is 0.479 e. The number of aryl methyl sites for hydroxylation is 1. The van der Waals surface area contributed by atoms with E-state index in [9.17, 15) is 14.3 Å². The minimum absolute atomic E-state index is 0.00833. The first-order valence-corrected chi connectivity index (χ1v) is 5.74. The number of rotatable bonds is 6. The van der Waals surface area contributed by atoms with Gasteiger partial charge in [-0.1, -0.05) is 0 Å². The second-order valence-electron chi connectivity index (χ2n) is 4.42. The van der Waals surface area contributed by atoms with Crippen LogP contribution in [0.1, 0.15) is 19.4 Å². The molecule has 2 N–H and O–H groups in total. The fraction of sp³-hybridized carbons (Fsp3) is 0.462. The van der Waals surface area contributed by atoms with Crippen LogP contribution in [0.5, 0.6) is 0 Å². The molecule has 1 rings (SSSR count). The number of hydrogen-bond donors (Lipinski definition) is 2. The molecule has 1 atom stereocenters. The SMILES string of the molecule is CCOCC(C)(Nc1cc(C)cc(F)c1)C(=O)O. The van der Waals surface area contributed by atoms with Gasteiger partial charge in [-0.2, -0.15) is 0 Å². The van der Waals surface area contributed by atoms with Crippen molar-refractivity contribution < 1.29 is 19.0 Å². The first-order valence-electron chi connectivity index (χ1n) is 5.74. The smallest absolute Gasteiger partial charge is 0.331 e. The lowest BCUT2D eigenvalue weighted by atomic mass is 10.0. The number of nitrogens with one attached hydrogen (secondary N) is 1. The Bertz CT molecular complexity index is 416. The number of carboxylic acid groups (broad SMARTS) is 1. The van der Waals surface area contributed by atoms with Gasteiger partial charge in [-0.05, 0) is 44.5 Å². The van der Waals surface area contributed by atoms with Crippen molar-refractivity contribution in [3.63, 3.8) is 0 Å². The molecule has 0 aliphatic carbocycles. The van der Waals surface area contributed by atoms with Gasteiger partial charge in [0.25, 0.3) is 0 Å². The molecule has 0 saturated carbocycles. The highest BCUT2D eigenvalue weighted by Crippen LogP contribution is 2.19. The number of aliphatic carboxylic acids is 1. The van der Waals surface area contributed by atoms with E-state index in [1.54, 1.807) is 19.9 Å². The molecule has 0 saturated heterocycles. The lowest BCUT2D eigenvalue weighted by molar-refractivity contribution is -0.143. The van der Waals surface area contributed by atoms with Crippen molar-refractivity contribution in [3.8, 4) is 0 Å². The molecule has 1 unspecified atom stereocenters. The number of anilines is 1. The standard InChI is InChI=1S/C13H18FNO3/c1-4-18-8-13(3,12(16)17)15-11-6-9(2)5-10(14)7-11/h5-7,15H,4,8H2,1-3H3,(H,16,17). The van der Waals surface area contributed by atoms with Crippen LogP contribution in [0, 0.1) is 12.7 Å². The number of benzene rings is 1. The first kappa shape index (κ1) is 14.4. The number of carboxylic acids is 1. The van der Waals surface area contributed by atoms with Crippen molar-refractivity contribution in [2.24, 2.45) is 0 Å². The molecule has 0 amide bonds. The molecule has 4 nitrogen and oxygen atoms in total. The van der Waals surface area contributed by atoms with Crippen LogP contribution in [0.2, 0.25) is 0 Å². The molecule has 0 bridgehead atoms. The quantitative estimate of drug-likeness (QED) is 0.819. The van der Waals surface area contributed by atoms with Gasteiger partial charge in [-0.15, -0.1) is 0 Å². The maximum Gasteiger partial charge on any atom is 0.331 e. The van der Waals surface area contributed by atoms with Gasteiger partial charge in [0, 0.05) is 12.3 Å². The molecule has 0 radical (unpaired) electrons. The summed E-state index contributed by atoms with van der Waals surface area (Å²) < 4.78 is 18.4. The van der Waals surface area contributed by atoms with Gasteiger partial charge in [-0.25, -0.2) is 9.18 Å². The highest BCUT2D eigenvalue weighted by molar-refractivity contribution is 5.82. The van der Waals surface area contributed by atoms with Gasteiger partial charge >= 0.3 is 5.97 Å². The number of carbonyl (C=O) groups is 1. The Labute approximate surface area is 106 Å². The molecule has 1 aromatic rings. The fourth-order valence-corrected chi connectivity index (χ4v) is 1.58. The van der Waals surface area contributed by atoms with Gasteiger partial charge < -0.3 is 15.2 Å². The number of ether oxygens (including phenoxy) is 1. The Kier molecular flexibility index (Phi) is 4.67. The zero-order valence-electron chi connectivity index (χ0n) is 10.8. The van der Waals surface area contributed by atoms with E-state index >= 15 is 0 Å². The van der Waals surface area contributed by atoms with E-state index in [0.717, 1.165) is 5.56 Å². The Morgan fingerprint density at radius 1 is 1.50 bits per heavy atom. The summed E-state index contributed by atoms with van der Waals surface area (Å²) in [6, 6.07) is 4.34. The molecule has 0 aromatic heterocycles. The molecule has 5 heteroatoms. The van der Waals surface area contributed by atoms with Crippen LogP contribution in [0.3, 0.4) is 0 Å². The van der Waals surface area contributed by atoms with E-state index in [0.29, 0.717) is 12.3 Å². The normalized spacial score (nSPS) is 14.0. The summed E-state index contributed by atoms with van der Waals surface area (Å²) in [5.74, 6) is -1.44. The van der Waals surface area contributed by atoms with E-state index < -0.39 is 17.3 Å². The minimum Gasteiger partial charge on any atom is -0.479 e. The Morgan fingerprint density at radius 3 is 2.67 bits per heavy atom. The zero-order chi connectivity index (χ0) is 13.8. The van der Waals surface area contributed by atoms with E-state index in [1.165, 1.54) is 19.1 Å². The molecule has 18 heavy (non-hydrogen) atoms. The second kappa shape index (κ2) is 5.82. The van der Waals surface area contributed by atoms with Crippen LogP contribution >= 0.6 is 0 Å². The van der Waals surface area contributed by atoms with Crippen molar-refractivity contribution in [2.75, 3.05) is 18.5 Å². The van der Waals surface area contributed by atoms with Crippen molar-refractivity contribution >= 4 is 11.7 Å². The topological polar surface area (TPSA) is 58.6 Å². The Hall–Kier alpha value is -1.62. The summed E-state index contributed by atoms with van der Waals surface area (Å²) in [5.41, 5.74) is -0.130. The maximum atomic E-state index is 13.2. The predicted molar refractivity (Wildman–Crippen MR) is 67.3 cm³/mol. The van der Waals surface area contributed by atoms with Crippen molar-refractivity contribution in [2.45, 2.75) is 26.3 Å². The highest BCUT2D eigenvalue weighted by Gasteiger charge is 2.33. The maximum absolute atomic E-state index is 13.2. The van der Waals surface area contributed by atoms with Gasteiger partial charge in [0.05, 0.1) is 6.61 Å².